The number of rotatable bonds is 8. The van der Waals surface area contributed by atoms with Crippen molar-refractivity contribution < 1.29 is 27.7 Å². The van der Waals surface area contributed by atoms with Gasteiger partial charge in [0.1, 0.15) is 11.5 Å². The van der Waals surface area contributed by atoms with E-state index in [-0.39, 0.29) is 36.8 Å². The smallest absolute Gasteiger partial charge is 0.526 e. The molecule has 0 aromatic heterocycles. The van der Waals surface area contributed by atoms with Gasteiger partial charge in [-0.1, -0.05) is 12.1 Å². The van der Waals surface area contributed by atoms with E-state index in [1.807, 2.05) is 6.07 Å². The normalized spacial score (nSPS) is 16.9. The molecule has 0 amide bonds. The molecule has 0 saturated carbocycles. The van der Waals surface area contributed by atoms with Crippen molar-refractivity contribution in [3.63, 3.8) is 0 Å². The first-order valence-corrected chi connectivity index (χ1v) is 10.0. The van der Waals surface area contributed by atoms with Crippen molar-refractivity contribution in [1.82, 2.24) is 4.72 Å². The van der Waals surface area contributed by atoms with Crippen molar-refractivity contribution in [2.75, 3.05) is 12.8 Å². The van der Waals surface area contributed by atoms with Gasteiger partial charge in [0.05, 0.1) is 11.8 Å². The van der Waals surface area contributed by atoms with E-state index in [1.54, 1.807) is 12.1 Å². The average molecular weight is 367 g/mol. The van der Waals surface area contributed by atoms with Crippen LogP contribution in [0.3, 0.4) is 0 Å². The lowest BCUT2D eigenvalue weighted by Gasteiger charge is -2.28. The lowest BCUT2D eigenvalue weighted by molar-refractivity contribution is -0.119. The molecule has 1 atom stereocenters. The van der Waals surface area contributed by atoms with Crippen LogP contribution in [0.4, 0.5) is 0 Å². The van der Waals surface area contributed by atoms with Gasteiger partial charge in [0, 0.05) is 25.2 Å². The SMILES string of the molecule is CC(=O)c1cccc2c1OB(O)[C@@H](CC(=O)CCCNS(C)(=O)=O)C2. The molecule has 136 valence electrons. The van der Waals surface area contributed by atoms with Gasteiger partial charge in [0.2, 0.25) is 10.0 Å². The Labute approximate surface area is 148 Å². The van der Waals surface area contributed by atoms with Crippen molar-refractivity contribution in [3.05, 3.63) is 29.3 Å². The zero-order chi connectivity index (χ0) is 18.6. The average Bonchev–Trinajstić information content (AvgIpc) is 2.50. The summed E-state index contributed by atoms with van der Waals surface area (Å²) in [6.45, 7) is 1.64. The van der Waals surface area contributed by atoms with E-state index in [4.69, 9.17) is 4.65 Å². The van der Waals surface area contributed by atoms with Gasteiger partial charge in [0.15, 0.2) is 5.78 Å². The van der Waals surface area contributed by atoms with Gasteiger partial charge in [-0.3, -0.25) is 9.59 Å². The highest BCUT2D eigenvalue weighted by Crippen LogP contribution is 2.36. The largest absolute Gasteiger partial charge is 0.535 e. The van der Waals surface area contributed by atoms with E-state index in [1.165, 1.54) is 6.92 Å². The number of carbonyl (C=O) groups excluding carboxylic acids is 2. The van der Waals surface area contributed by atoms with E-state index < -0.39 is 17.1 Å². The zero-order valence-corrected chi connectivity index (χ0v) is 15.1. The molecule has 1 aromatic carbocycles. The molecule has 1 aliphatic rings. The van der Waals surface area contributed by atoms with Crippen LogP contribution in [0, 0.1) is 0 Å². The van der Waals surface area contributed by atoms with Gasteiger partial charge in [0.25, 0.3) is 0 Å². The molecule has 2 N–H and O–H groups in total. The molecule has 1 aromatic rings. The van der Waals surface area contributed by atoms with Crippen LogP contribution >= 0.6 is 0 Å². The van der Waals surface area contributed by atoms with E-state index in [0.717, 1.165) is 11.8 Å². The molecule has 0 aliphatic carbocycles. The number of hydrogen-bond acceptors (Lipinski definition) is 6. The Bertz CT molecular complexity index is 764. The van der Waals surface area contributed by atoms with Gasteiger partial charge >= 0.3 is 7.12 Å². The molecule has 0 radical (unpaired) electrons. The third-order valence-corrected chi connectivity index (χ3v) is 4.81. The molecule has 0 spiro atoms. The third-order valence-electron chi connectivity index (χ3n) is 4.09. The van der Waals surface area contributed by atoms with Gasteiger partial charge in [-0.2, -0.15) is 0 Å². The predicted octanol–water partition coefficient (Wildman–Crippen LogP) is 0.963. The highest BCUT2D eigenvalue weighted by atomic mass is 32.2. The summed E-state index contributed by atoms with van der Waals surface area (Å²) in [6.07, 6.45) is 2.29. The Morgan fingerprint density at radius 3 is 2.76 bits per heavy atom. The van der Waals surface area contributed by atoms with Crippen molar-refractivity contribution >= 4 is 28.7 Å². The highest BCUT2D eigenvalue weighted by Gasteiger charge is 2.37. The molecule has 0 unspecified atom stereocenters. The Balaban J connectivity index is 1.93. The third kappa shape index (κ3) is 5.66. The molecule has 0 saturated heterocycles. The standard InChI is InChI=1S/C16H22BNO6S/c1-11(19)15-7-3-5-12-9-13(17(21)24-16(12)15)10-14(20)6-4-8-18-25(2,22)23/h3,5,7,13,18,21H,4,6,8-10H2,1-2H3/t13-/m1/s1. The lowest BCUT2D eigenvalue weighted by atomic mass is 9.64. The molecule has 0 fully saturated rings. The van der Waals surface area contributed by atoms with Gasteiger partial charge in [-0.25, -0.2) is 13.1 Å². The molecule has 7 nitrogen and oxygen atoms in total. The topological polar surface area (TPSA) is 110 Å². The summed E-state index contributed by atoms with van der Waals surface area (Å²) in [6, 6.07) is 5.22. The van der Waals surface area contributed by atoms with Crippen LogP contribution in [-0.2, 0) is 21.2 Å². The molecule has 1 heterocycles. The fraction of sp³-hybridized carbons (Fsp3) is 0.500. The monoisotopic (exact) mass is 367 g/mol. The van der Waals surface area contributed by atoms with Crippen LogP contribution in [0.2, 0.25) is 5.82 Å². The quantitative estimate of drug-likeness (QED) is 0.402. The Hall–Kier alpha value is -1.71. The molecule has 2 rings (SSSR count). The van der Waals surface area contributed by atoms with Gasteiger partial charge in [-0.05, 0) is 31.4 Å². The zero-order valence-electron chi connectivity index (χ0n) is 14.3. The number of ketones is 2. The van der Waals surface area contributed by atoms with Crippen LogP contribution in [0.5, 0.6) is 5.75 Å². The van der Waals surface area contributed by atoms with Crippen LogP contribution in [0.15, 0.2) is 18.2 Å². The first-order valence-electron chi connectivity index (χ1n) is 8.11. The minimum atomic E-state index is -3.25. The molecule has 0 bridgehead atoms. The van der Waals surface area contributed by atoms with Crippen molar-refractivity contribution in [1.29, 1.82) is 0 Å². The first-order chi connectivity index (χ1) is 11.7. The minimum Gasteiger partial charge on any atom is -0.535 e. The molecular weight excluding hydrogens is 345 g/mol. The fourth-order valence-electron chi connectivity index (χ4n) is 2.87. The summed E-state index contributed by atoms with van der Waals surface area (Å²) in [5.74, 6) is -0.195. The second kappa shape index (κ2) is 8.12. The summed E-state index contributed by atoms with van der Waals surface area (Å²) in [5, 5.41) is 10.2. The molecule has 25 heavy (non-hydrogen) atoms. The fourth-order valence-corrected chi connectivity index (χ4v) is 3.39. The summed E-state index contributed by atoms with van der Waals surface area (Å²) in [5.41, 5.74) is 1.22. The molecule has 9 heteroatoms. The summed E-state index contributed by atoms with van der Waals surface area (Å²) >= 11 is 0. The number of Topliss-reactive ketones (excluding diaryl/α,β-unsaturated/α-hetero) is 2. The van der Waals surface area contributed by atoms with Crippen LogP contribution in [0.1, 0.15) is 42.1 Å². The number of carbonyl (C=O) groups is 2. The number of benzene rings is 1. The number of fused-ring (bicyclic) bond motifs is 1. The first kappa shape index (κ1) is 19.6. The Morgan fingerprint density at radius 1 is 1.40 bits per heavy atom. The maximum Gasteiger partial charge on any atom is 0.526 e. The Morgan fingerprint density at radius 2 is 2.12 bits per heavy atom. The Kier molecular flexibility index (Phi) is 6.37. The van der Waals surface area contributed by atoms with Crippen molar-refractivity contribution in [2.24, 2.45) is 0 Å². The van der Waals surface area contributed by atoms with E-state index in [9.17, 15) is 23.0 Å². The highest BCUT2D eigenvalue weighted by molar-refractivity contribution is 7.88. The second-order valence-corrected chi connectivity index (χ2v) is 8.17. The number of nitrogens with one attached hydrogen (secondary N) is 1. The molecular formula is C16H22BNO6S. The number of para-hydroxylation sites is 1. The molecule has 1 aliphatic heterocycles. The van der Waals surface area contributed by atoms with Crippen molar-refractivity contribution in [2.45, 2.75) is 38.4 Å². The maximum absolute atomic E-state index is 12.1. The van der Waals surface area contributed by atoms with Gasteiger partial charge in [-0.15, -0.1) is 0 Å². The summed E-state index contributed by atoms with van der Waals surface area (Å²) in [4.78, 5) is 23.7. The number of hydrogen-bond donors (Lipinski definition) is 2. The predicted molar refractivity (Wildman–Crippen MR) is 94.2 cm³/mol. The number of sulfonamides is 1. The van der Waals surface area contributed by atoms with E-state index in [0.29, 0.717) is 24.2 Å². The van der Waals surface area contributed by atoms with E-state index >= 15 is 0 Å². The second-order valence-electron chi connectivity index (χ2n) is 6.34. The summed E-state index contributed by atoms with van der Waals surface area (Å²) in [7, 11) is -4.40. The summed E-state index contributed by atoms with van der Waals surface area (Å²) < 4.78 is 29.7. The lowest BCUT2D eigenvalue weighted by Crippen LogP contribution is -2.35. The van der Waals surface area contributed by atoms with Crippen LogP contribution in [0.25, 0.3) is 0 Å². The van der Waals surface area contributed by atoms with Crippen LogP contribution in [-0.4, -0.2) is 44.9 Å². The van der Waals surface area contributed by atoms with Crippen molar-refractivity contribution in [3.8, 4) is 5.75 Å². The maximum atomic E-state index is 12.1. The minimum absolute atomic E-state index is 0.0610. The van der Waals surface area contributed by atoms with E-state index in [2.05, 4.69) is 4.72 Å². The van der Waals surface area contributed by atoms with Gasteiger partial charge < -0.3 is 9.68 Å². The van der Waals surface area contributed by atoms with Crippen LogP contribution < -0.4 is 9.38 Å².